The number of nitrogens with zero attached hydrogens (tertiary/aromatic N) is 3. The van der Waals surface area contributed by atoms with E-state index in [0.29, 0.717) is 54.4 Å². The predicted molar refractivity (Wildman–Crippen MR) is 155 cm³/mol. The molecule has 10 heteroatoms. The molecule has 0 fully saturated rings. The third-order valence-electron chi connectivity index (χ3n) is 5.33. The van der Waals surface area contributed by atoms with Crippen molar-refractivity contribution < 1.29 is 9.47 Å². The largest absolute Gasteiger partial charge is 0.493 e. The molecule has 1 aromatic heterocycles. The van der Waals surface area contributed by atoms with Gasteiger partial charge < -0.3 is 9.47 Å². The quantitative estimate of drug-likeness (QED) is 0.184. The fraction of sp³-hybridized carbons (Fsp3) is 0.192. The third kappa shape index (κ3) is 5.69. The molecule has 0 aliphatic rings. The molecule has 0 aliphatic carbocycles. The fourth-order valence-electron chi connectivity index (χ4n) is 3.49. The first-order valence-corrected chi connectivity index (χ1v) is 13.6. The number of halogens is 4. The van der Waals surface area contributed by atoms with Gasteiger partial charge in [-0.25, -0.2) is 4.98 Å². The van der Waals surface area contributed by atoms with Crippen LogP contribution in [0.1, 0.15) is 36.7 Å². The number of aromatic nitrogens is 2. The maximum Gasteiger partial charge on any atom is 0.282 e. The highest BCUT2D eigenvalue weighted by molar-refractivity contribution is 9.13. The molecule has 36 heavy (non-hydrogen) atoms. The summed E-state index contributed by atoms with van der Waals surface area (Å²) < 4.78 is 15.2. The zero-order chi connectivity index (χ0) is 26.0. The lowest BCUT2D eigenvalue weighted by atomic mass is 10.2. The number of methoxy groups -OCH3 is 1. The molecule has 0 amide bonds. The summed E-state index contributed by atoms with van der Waals surface area (Å²) in [6.07, 6.45) is 1.60. The van der Waals surface area contributed by atoms with Crippen LogP contribution in [0.2, 0.25) is 5.02 Å². The minimum absolute atomic E-state index is 0.0174. The van der Waals surface area contributed by atoms with Crippen molar-refractivity contribution in [2.24, 2.45) is 5.10 Å². The van der Waals surface area contributed by atoms with Crippen molar-refractivity contribution in [1.29, 1.82) is 0 Å². The molecular weight excluding hydrogens is 677 g/mol. The molecule has 0 spiro atoms. The standard InChI is InChI=1S/C26H21Br3ClN3O3/c1-14(2)25-32-20-9-6-17(27)11-19(20)26(34)33(25)31-12-16-10-21(35-3)24(23(29)22(16)28)36-13-15-4-7-18(30)8-5-15/h4-12,14H,13H2,1-3H3. The van der Waals surface area contributed by atoms with Crippen molar-refractivity contribution >= 4 is 76.5 Å². The van der Waals surface area contributed by atoms with E-state index in [2.05, 4.69) is 57.9 Å². The number of hydrogen-bond acceptors (Lipinski definition) is 5. The molecule has 0 unspecified atom stereocenters. The van der Waals surface area contributed by atoms with Gasteiger partial charge >= 0.3 is 0 Å². The van der Waals surface area contributed by atoms with Crippen LogP contribution < -0.4 is 15.0 Å². The molecule has 3 aromatic carbocycles. The van der Waals surface area contributed by atoms with Gasteiger partial charge in [-0.05, 0) is 73.8 Å². The molecule has 1 heterocycles. The average molecular weight is 699 g/mol. The highest BCUT2D eigenvalue weighted by Gasteiger charge is 2.18. The van der Waals surface area contributed by atoms with Crippen LogP contribution in [0, 0.1) is 0 Å². The van der Waals surface area contributed by atoms with Crippen molar-refractivity contribution in [3.63, 3.8) is 0 Å². The van der Waals surface area contributed by atoms with Gasteiger partial charge in [0.2, 0.25) is 0 Å². The minimum Gasteiger partial charge on any atom is -0.493 e. The van der Waals surface area contributed by atoms with Crippen LogP contribution in [0.25, 0.3) is 10.9 Å². The Morgan fingerprint density at radius 1 is 1.08 bits per heavy atom. The Kier molecular flexibility index (Phi) is 8.55. The van der Waals surface area contributed by atoms with Crippen LogP contribution in [0.4, 0.5) is 0 Å². The molecule has 0 N–H and O–H groups in total. The summed E-state index contributed by atoms with van der Waals surface area (Å²) in [4.78, 5) is 18.0. The number of fused-ring (bicyclic) bond motifs is 1. The van der Waals surface area contributed by atoms with E-state index < -0.39 is 0 Å². The van der Waals surface area contributed by atoms with Gasteiger partial charge in [-0.1, -0.05) is 53.5 Å². The summed E-state index contributed by atoms with van der Waals surface area (Å²) >= 11 is 16.6. The lowest BCUT2D eigenvalue weighted by Gasteiger charge is -2.16. The molecule has 186 valence electrons. The van der Waals surface area contributed by atoms with Crippen LogP contribution >= 0.6 is 59.4 Å². The van der Waals surface area contributed by atoms with Crippen molar-refractivity contribution in [2.45, 2.75) is 26.4 Å². The maximum atomic E-state index is 13.3. The molecule has 0 bridgehead atoms. The predicted octanol–water partition coefficient (Wildman–Crippen LogP) is 7.93. The zero-order valence-electron chi connectivity index (χ0n) is 19.6. The first-order chi connectivity index (χ1) is 17.2. The van der Waals surface area contributed by atoms with Crippen LogP contribution in [0.5, 0.6) is 11.5 Å². The molecule has 0 saturated carbocycles. The van der Waals surface area contributed by atoms with Crippen molar-refractivity contribution in [1.82, 2.24) is 9.66 Å². The van der Waals surface area contributed by atoms with Crippen molar-refractivity contribution in [2.75, 3.05) is 7.11 Å². The smallest absolute Gasteiger partial charge is 0.282 e. The first kappa shape index (κ1) is 26.9. The second-order valence-corrected chi connectivity index (χ2v) is 11.1. The van der Waals surface area contributed by atoms with E-state index in [0.717, 1.165) is 10.0 Å². The molecule has 0 saturated heterocycles. The lowest BCUT2D eigenvalue weighted by Crippen LogP contribution is -2.23. The molecular formula is C26H21Br3ClN3O3. The van der Waals surface area contributed by atoms with Gasteiger partial charge in [0.25, 0.3) is 5.56 Å². The van der Waals surface area contributed by atoms with E-state index in [4.69, 9.17) is 21.1 Å². The molecule has 0 aliphatic heterocycles. The molecule has 4 aromatic rings. The number of rotatable bonds is 7. The minimum atomic E-state index is -0.244. The lowest BCUT2D eigenvalue weighted by molar-refractivity contribution is 0.282. The Morgan fingerprint density at radius 3 is 2.47 bits per heavy atom. The van der Waals surface area contributed by atoms with Gasteiger partial charge in [0, 0.05) is 25.4 Å². The summed E-state index contributed by atoms with van der Waals surface area (Å²) in [5, 5.41) is 5.67. The van der Waals surface area contributed by atoms with E-state index in [-0.39, 0.29) is 11.5 Å². The monoisotopic (exact) mass is 695 g/mol. The highest BCUT2D eigenvalue weighted by atomic mass is 79.9. The Hall–Kier alpha value is -2.20. The Bertz CT molecular complexity index is 1520. The number of benzene rings is 3. The topological polar surface area (TPSA) is 65.7 Å². The summed E-state index contributed by atoms with van der Waals surface area (Å²) in [5.41, 5.74) is 2.04. The summed E-state index contributed by atoms with van der Waals surface area (Å²) in [7, 11) is 1.57. The van der Waals surface area contributed by atoms with Crippen LogP contribution in [0.3, 0.4) is 0 Å². The van der Waals surface area contributed by atoms with Gasteiger partial charge in [-0.3, -0.25) is 4.79 Å². The second-order valence-electron chi connectivity index (χ2n) is 8.19. The van der Waals surface area contributed by atoms with E-state index >= 15 is 0 Å². The normalized spacial score (nSPS) is 11.6. The second kappa shape index (κ2) is 11.5. The fourth-order valence-corrected chi connectivity index (χ4v) is 4.91. The van der Waals surface area contributed by atoms with Crippen molar-refractivity contribution in [3.05, 3.63) is 94.3 Å². The van der Waals surface area contributed by atoms with Gasteiger partial charge in [0.1, 0.15) is 12.4 Å². The van der Waals surface area contributed by atoms with Crippen molar-refractivity contribution in [3.8, 4) is 11.5 Å². The average Bonchev–Trinajstić information content (AvgIpc) is 2.86. The van der Waals surface area contributed by atoms with Gasteiger partial charge in [-0.15, -0.1) is 0 Å². The SMILES string of the molecule is COc1cc(C=Nn2c(C(C)C)nc3ccc(Br)cc3c2=O)c(Br)c(Br)c1OCc1ccc(Cl)cc1. The Morgan fingerprint density at radius 2 is 1.81 bits per heavy atom. The molecule has 6 nitrogen and oxygen atoms in total. The third-order valence-corrected chi connectivity index (χ3v) is 8.22. The summed E-state index contributed by atoms with van der Waals surface area (Å²) in [5.74, 6) is 1.60. The number of hydrogen-bond donors (Lipinski definition) is 0. The van der Waals surface area contributed by atoms with Crippen LogP contribution in [-0.2, 0) is 6.61 Å². The van der Waals surface area contributed by atoms with Gasteiger partial charge in [0.05, 0.1) is 28.7 Å². The summed E-state index contributed by atoms with van der Waals surface area (Å²) in [6.45, 7) is 4.28. The van der Waals surface area contributed by atoms with E-state index in [9.17, 15) is 4.79 Å². The Labute approximate surface area is 238 Å². The molecule has 0 atom stereocenters. The zero-order valence-corrected chi connectivity index (χ0v) is 25.1. The molecule has 0 radical (unpaired) electrons. The summed E-state index contributed by atoms with van der Waals surface area (Å²) in [6, 6.07) is 14.7. The van der Waals surface area contributed by atoms with E-state index in [1.165, 1.54) is 4.68 Å². The van der Waals surface area contributed by atoms with E-state index in [1.54, 1.807) is 25.5 Å². The van der Waals surface area contributed by atoms with E-state index in [1.807, 2.05) is 50.2 Å². The van der Waals surface area contributed by atoms with Crippen LogP contribution in [-0.4, -0.2) is 23.0 Å². The number of ether oxygens (including phenoxy) is 2. The van der Waals surface area contributed by atoms with Crippen LogP contribution in [0.15, 0.2) is 71.8 Å². The molecule has 4 rings (SSSR count). The Balaban J connectivity index is 1.73. The maximum absolute atomic E-state index is 13.3. The first-order valence-electron chi connectivity index (χ1n) is 10.9. The highest BCUT2D eigenvalue weighted by Crippen LogP contribution is 2.42. The van der Waals surface area contributed by atoms with Gasteiger partial charge in [-0.2, -0.15) is 9.78 Å². The van der Waals surface area contributed by atoms with Gasteiger partial charge in [0.15, 0.2) is 11.5 Å².